The molecular formula is C13H21N3O2. The fraction of sp³-hybridized carbons (Fsp3) is 0.692. The largest absolute Gasteiger partial charge is 0.481 e. The van der Waals surface area contributed by atoms with Crippen LogP contribution in [0.25, 0.3) is 0 Å². The Morgan fingerprint density at radius 2 is 2.28 bits per heavy atom. The average Bonchev–Trinajstić information content (AvgIpc) is 2.99. The Kier molecular flexibility index (Phi) is 3.71. The lowest BCUT2D eigenvalue weighted by Crippen LogP contribution is -2.39. The maximum atomic E-state index is 11.7. The van der Waals surface area contributed by atoms with Crippen LogP contribution < -0.4 is 5.73 Å². The standard InChI is InChI=1S/C13H21N3O2/c1-2-16-11(5-8-15-16)10(9-14)13(12(17)18)6-3-4-7-13/h5,8,10H,2-4,6-7,9,14H2,1H3,(H,17,18)/t10-/m1/s1. The number of nitrogens with zero attached hydrogens (tertiary/aromatic N) is 2. The topological polar surface area (TPSA) is 81.1 Å². The van der Waals surface area contributed by atoms with Crippen molar-refractivity contribution >= 4 is 5.97 Å². The third-order valence-corrected chi connectivity index (χ3v) is 4.23. The SMILES string of the molecule is CCn1nccc1[C@@H](CN)C1(C(=O)O)CCCC1. The van der Waals surface area contributed by atoms with Gasteiger partial charge in [-0.25, -0.2) is 0 Å². The summed E-state index contributed by atoms with van der Waals surface area (Å²) in [5.74, 6) is -0.848. The van der Waals surface area contributed by atoms with Crippen molar-refractivity contribution in [3.8, 4) is 0 Å². The van der Waals surface area contributed by atoms with Gasteiger partial charge < -0.3 is 10.8 Å². The van der Waals surface area contributed by atoms with Crippen molar-refractivity contribution in [2.24, 2.45) is 11.1 Å². The molecule has 18 heavy (non-hydrogen) atoms. The van der Waals surface area contributed by atoms with Gasteiger partial charge in [-0.15, -0.1) is 0 Å². The van der Waals surface area contributed by atoms with E-state index in [-0.39, 0.29) is 5.92 Å². The van der Waals surface area contributed by atoms with Gasteiger partial charge in [0.15, 0.2) is 0 Å². The summed E-state index contributed by atoms with van der Waals surface area (Å²) in [4.78, 5) is 11.7. The van der Waals surface area contributed by atoms with Gasteiger partial charge in [0.25, 0.3) is 0 Å². The quantitative estimate of drug-likeness (QED) is 0.832. The Labute approximate surface area is 107 Å². The summed E-state index contributed by atoms with van der Waals surface area (Å²) in [5.41, 5.74) is 6.16. The monoisotopic (exact) mass is 251 g/mol. The molecule has 3 N–H and O–H groups in total. The lowest BCUT2D eigenvalue weighted by Gasteiger charge is -2.33. The van der Waals surface area contributed by atoms with Crippen LogP contribution in [0.3, 0.4) is 0 Å². The van der Waals surface area contributed by atoms with Gasteiger partial charge in [0.2, 0.25) is 0 Å². The minimum Gasteiger partial charge on any atom is -0.481 e. The zero-order valence-corrected chi connectivity index (χ0v) is 10.8. The fourth-order valence-corrected chi connectivity index (χ4v) is 3.25. The van der Waals surface area contributed by atoms with Gasteiger partial charge in [-0.3, -0.25) is 9.48 Å². The smallest absolute Gasteiger partial charge is 0.310 e. The Hall–Kier alpha value is -1.36. The predicted octanol–water partition coefficient (Wildman–Crippen LogP) is 1.59. The average molecular weight is 251 g/mol. The molecule has 0 amide bonds. The van der Waals surface area contributed by atoms with Crippen LogP contribution in [-0.2, 0) is 11.3 Å². The summed E-state index contributed by atoms with van der Waals surface area (Å²) < 4.78 is 1.86. The Bertz CT molecular complexity index is 422. The van der Waals surface area contributed by atoms with Gasteiger partial charge in [-0.05, 0) is 25.8 Å². The number of nitrogens with two attached hydrogens (primary N) is 1. The summed E-state index contributed by atoms with van der Waals surface area (Å²) >= 11 is 0. The predicted molar refractivity (Wildman–Crippen MR) is 68.2 cm³/mol. The molecule has 5 heteroatoms. The molecule has 0 spiro atoms. The van der Waals surface area contributed by atoms with E-state index in [0.29, 0.717) is 6.54 Å². The minimum atomic E-state index is -0.709. The van der Waals surface area contributed by atoms with Crippen LogP contribution >= 0.6 is 0 Å². The summed E-state index contributed by atoms with van der Waals surface area (Å²) in [5, 5.41) is 13.9. The van der Waals surface area contributed by atoms with E-state index in [1.807, 2.05) is 17.7 Å². The molecule has 0 radical (unpaired) electrons. The molecule has 0 bridgehead atoms. The highest BCUT2D eigenvalue weighted by Crippen LogP contribution is 2.48. The molecule has 0 aromatic carbocycles. The van der Waals surface area contributed by atoms with Gasteiger partial charge in [-0.2, -0.15) is 5.10 Å². The molecule has 0 unspecified atom stereocenters. The molecule has 0 aliphatic heterocycles. The highest BCUT2D eigenvalue weighted by Gasteiger charge is 2.48. The number of aryl methyl sites for hydroxylation is 1. The molecule has 1 aromatic rings. The first kappa shape index (κ1) is 13.1. The zero-order chi connectivity index (χ0) is 13.2. The van der Waals surface area contributed by atoms with E-state index in [9.17, 15) is 9.90 Å². The van der Waals surface area contributed by atoms with Crippen LogP contribution in [0.1, 0.15) is 44.2 Å². The van der Waals surface area contributed by atoms with Crippen molar-refractivity contribution in [3.63, 3.8) is 0 Å². The van der Waals surface area contributed by atoms with E-state index in [4.69, 9.17) is 5.73 Å². The van der Waals surface area contributed by atoms with Gasteiger partial charge in [0, 0.05) is 30.9 Å². The Morgan fingerprint density at radius 1 is 1.61 bits per heavy atom. The van der Waals surface area contributed by atoms with Crippen LogP contribution in [0.5, 0.6) is 0 Å². The maximum absolute atomic E-state index is 11.7. The van der Waals surface area contributed by atoms with E-state index in [1.165, 1.54) is 0 Å². The number of hydrogen-bond donors (Lipinski definition) is 2. The van der Waals surface area contributed by atoms with E-state index in [0.717, 1.165) is 37.9 Å². The highest BCUT2D eigenvalue weighted by atomic mass is 16.4. The third kappa shape index (κ3) is 1.92. The van der Waals surface area contributed by atoms with Crippen molar-refractivity contribution in [3.05, 3.63) is 18.0 Å². The van der Waals surface area contributed by atoms with Crippen LogP contribution in [0.2, 0.25) is 0 Å². The molecule has 2 rings (SSSR count). The van der Waals surface area contributed by atoms with Crippen molar-refractivity contribution in [1.82, 2.24) is 9.78 Å². The number of carboxylic acid groups (broad SMARTS) is 1. The van der Waals surface area contributed by atoms with Gasteiger partial charge in [0.1, 0.15) is 0 Å². The van der Waals surface area contributed by atoms with Crippen molar-refractivity contribution in [2.45, 2.75) is 45.1 Å². The lowest BCUT2D eigenvalue weighted by molar-refractivity contribution is -0.150. The molecule has 1 heterocycles. The van der Waals surface area contributed by atoms with Crippen LogP contribution in [0.15, 0.2) is 12.3 Å². The lowest BCUT2D eigenvalue weighted by atomic mass is 9.72. The van der Waals surface area contributed by atoms with Gasteiger partial charge in [-0.1, -0.05) is 12.8 Å². The number of rotatable bonds is 5. The summed E-state index contributed by atoms with van der Waals surface area (Å²) in [6.07, 6.45) is 5.12. The first-order valence-electron chi connectivity index (χ1n) is 6.61. The first-order chi connectivity index (χ1) is 8.65. The highest BCUT2D eigenvalue weighted by molar-refractivity contribution is 5.76. The third-order valence-electron chi connectivity index (χ3n) is 4.23. The van der Waals surface area contributed by atoms with Gasteiger partial charge in [0.05, 0.1) is 5.41 Å². The molecular weight excluding hydrogens is 230 g/mol. The second-order valence-corrected chi connectivity index (χ2v) is 5.03. The number of carboxylic acids is 1. The van der Waals surface area contributed by atoms with Crippen molar-refractivity contribution in [2.75, 3.05) is 6.54 Å². The van der Waals surface area contributed by atoms with Crippen molar-refractivity contribution < 1.29 is 9.90 Å². The van der Waals surface area contributed by atoms with E-state index >= 15 is 0 Å². The Balaban J connectivity index is 2.40. The van der Waals surface area contributed by atoms with E-state index in [2.05, 4.69) is 5.10 Å². The molecule has 1 fully saturated rings. The fourth-order valence-electron chi connectivity index (χ4n) is 3.25. The zero-order valence-electron chi connectivity index (χ0n) is 10.8. The van der Waals surface area contributed by atoms with Gasteiger partial charge >= 0.3 is 5.97 Å². The van der Waals surface area contributed by atoms with E-state index in [1.54, 1.807) is 6.20 Å². The number of aromatic nitrogens is 2. The molecule has 5 nitrogen and oxygen atoms in total. The molecule has 1 aliphatic rings. The maximum Gasteiger partial charge on any atom is 0.310 e. The molecule has 0 saturated heterocycles. The second kappa shape index (κ2) is 5.10. The summed E-state index contributed by atoms with van der Waals surface area (Å²) in [6, 6.07) is 1.91. The summed E-state index contributed by atoms with van der Waals surface area (Å²) in [6.45, 7) is 3.11. The summed E-state index contributed by atoms with van der Waals surface area (Å²) in [7, 11) is 0. The van der Waals surface area contributed by atoms with Crippen molar-refractivity contribution in [1.29, 1.82) is 0 Å². The molecule has 100 valence electrons. The molecule has 1 aromatic heterocycles. The Morgan fingerprint density at radius 3 is 2.78 bits per heavy atom. The van der Waals surface area contributed by atoms with Crippen LogP contribution in [-0.4, -0.2) is 27.4 Å². The first-order valence-corrected chi connectivity index (χ1v) is 6.61. The second-order valence-electron chi connectivity index (χ2n) is 5.03. The molecule has 1 aliphatic carbocycles. The molecule has 1 atom stereocenters. The number of aliphatic carboxylic acids is 1. The number of carbonyl (C=O) groups is 1. The van der Waals surface area contributed by atoms with E-state index < -0.39 is 11.4 Å². The molecule has 1 saturated carbocycles. The van der Waals surface area contributed by atoms with Crippen LogP contribution in [0.4, 0.5) is 0 Å². The minimum absolute atomic E-state index is 0.139. The number of hydrogen-bond acceptors (Lipinski definition) is 3. The normalized spacial score (nSPS) is 19.9. The van der Waals surface area contributed by atoms with Crippen LogP contribution in [0, 0.1) is 5.41 Å².